The zero-order valence-corrected chi connectivity index (χ0v) is 18.4. The average Bonchev–Trinajstić information content (AvgIpc) is 2.74. The predicted octanol–water partition coefficient (Wildman–Crippen LogP) is 3.60. The Morgan fingerprint density at radius 2 is 1.78 bits per heavy atom. The lowest BCUT2D eigenvalue weighted by atomic mass is 9.70. The van der Waals surface area contributed by atoms with Crippen molar-refractivity contribution >= 4 is 16.0 Å². The maximum absolute atomic E-state index is 13.6. The number of rotatable bonds is 5. The van der Waals surface area contributed by atoms with E-state index in [0.717, 1.165) is 63.0 Å². The molecule has 32 heavy (non-hydrogen) atoms. The van der Waals surface area contributed by atoms with Crippen LogP contribution in [0.5, 0.6) is 0 Å². The maximum atomic E-state index is 13.6. The fraction of sp³-hybridized carbons (Fsp3) is 0.591. The molecule has 0 aromatic heterocycles. The molecule has 4 atom stereocenters. The molecule has 176 valence electrons. The van der Waals surface area contributed by atoms with E-state index in [2.05, 4.69) is 4.90 Å². The largest absolute Gasteiger partial charge is 0.481 e. The van der Waals surface area contributed by atoms with E-state index in [9.17, 15) is 26.4 Å². The van der Waals surface area contributed by atoms with Crippen molar-refractivity contribution in [1.82, 2.24) is 9.21 Å². The number of benzene rings is 1. The number of hydrogen-bond acceptors (Lipinski definition) is 4. The second kappa shape index (κ2) is 8.79. The van der Waals surface area contributed by atoms with Crippen LogP contribution in [0.4, 0.5) is 13.2 Å². The highest BCUT2D eigenvalue weighted by molar-refractivity contribution is 7.89. The standard InChI is InChI=1S/C22H27F3N2O4S/c23-22(24,25)16-8-10-17(11-9-16)32(30,31)27-14-15-4-2-12-26-13-3-5-18(21(15)26)19(27)6-1-7-20(28)29/h1,6,8-11,15,18-19,21H,2-5,7,12-14H2,(H,28,29)/b6-1-/t15-,18+,19+,21-/m0/s1. The van der Waals surface area contributed by atoms with E-state index in [1.54, 1.807) is 6.08 Å². The maximum Gasteiger partial charge on any atom is 0.416 e. The van der Waals surface area contributed by atoms with Gasteiger partial charge in [-0.3, -0.25) is 9.69 Å². The zero-order chi connectivity index (χ0) is 23.1. The van der Waals surface area contributed by atoms with Gasteiger partial charge in [0.1, 0.15) is 0 Å². The smallest absolute Gasteiger partial charge is 0.416 e. The van der Waals surface area contributed by atoms with Crippen LogP contribution in [0, 0.1) is 11.8 Å². The summed E-state index contributed by atoms with van der Waals surface area (Å²) < 4.78 is 67.4. The number of piperidine rings is 3. The summed E-state index contributed by atoms with van der Waals surface area (Å²) in [5.74, 6) is -0.825. The van der Waals surface area contributed by atoms with Gasteiger partial charge >= 0.3 is 12.1 Å². The van der Waals surface area contributed by atoms with Crippen molar-refractivity contribution in [3.63, 3.8) is 0 Å². The van der Waals surface area contributed by atoms with Crippen LogP contribution in [0.2, 0.25) is 0 Å². The van der Waals surface area contributed by atoms with Crippen molar-refractivity contribution in [2.75, 3.05) is 19.6 Å². The first kappa shape index (κ1) is 23.3. The van der Waals surface area contributed by atoms with Crippen molar-refractivity contribution in [3.05, 3.63) is 42.0 Å². The minimum atomic E-state index is -4.55. The van der Waals surface area contributed by atoms with E-state index in [1.807, 2.05) is 0 Å². The first-order valence-electron chi connectivity index (χ1n) is 10.9. The van der Waals surface area contributed by atoms with Crippen molar-refractivity contribution in [1.29, 1.82) is 0 Å². The molecule has 0 unspecified atom stereocenters. The highest BCUT2D eigenvalue weighted by Crippen LogP contribution is 2.44. The Bertz CT molecular complexity index is 976. The predicted molar refractivity (Wildman–Crippen MR) is 111 cm³/mol. The molecule has 0 bridgehead atoms. The van der Waals surface area contributed by atoms with Crippen LogP contribution in [-0.4, -0.2) is 60.4 Å². The highest BCUT2D eigenvalue weighted by atomic mass is 32.2. The van der Waals surface area contributed by atoms with Crippen LogP contribution in [0.25, 0.3) is 0 Å². The van der Waals surface area contributed by atoms with Crippen molar-refractivity contribution in [2.45, 2.75) is 55.3 Å². The van der Waals surface area contributed by atoms with E-state index in [-0.39, 0.29) is 35.7 Å². The normalized spacial score (nSPS) is 29.7. The summed E-state index contributed by atoms with van der Waals surface area (Å²) >= 11 is 0. The van der Waals surface area contributed by atoms with Gasteiger partial charge in [0.2, 0.25) is 10.0 Å². The second-order valence-corrected chi connectivity index (χ2v) is 10.7. The summed E-state index contributed by atoms with van der Waals surface area (Å²) in [6, 6.07) is 3.32. The Morgan fingerprint density at radius 1 is 1.12 bits per heavy atom. The quantitative estimate of drug-likeness (QED) is 0.663. The number of carboxylic acid groups (broad SMARTS) is 1. The summed E-state index contributed by atoms with van der Waals surface area (Å²) in [7, 11) is -4.06. The fourth-order valence-corrected chi connectivity index (χ4v) is 7.34. The van der Waals surface area contributed by atoms with Gasteiger partial charge in [0.05, 0.1) is 16.9 Å². The number of alkyl halides is 3. The van der Waals surface area contributed by atoms with Gasteiger partial charge in [-0.1, -0.05) is 12.2 Å². The Hall–Kier alpha value is -1.91. The molecule has 0 amide bonds. The van der Waals surface area contributed by atoms with Crippen LogP contribution in [0.15, 0.2) is 41.3 Å². The SMILES string of the molecule is O=C(O)C/C=C\[C@@H]1[C@H]2CCCN3CCC[C@@H](CN1S(=O)(=O)c1ccc(C(F)(F)F)cc1)[C@@H]23. The Labute approximate surface area is 185 Å². The summed E-state index contributed by atoms with van der Waals surface area (Å²) in [6.07, 6.45) is 2.07. The van der Waals surface area contributed by atoms with Crippen LogP contribution in [0.1, 0.15) is 37.7 Å². The first-order chi connectivity index (χ1) is 15.1. The molecule has 1 aromatic carbocycles. The molecule has 4 rings (SSSR count). The van der Waals surface area contributed by atoms with Gasteiger partial charge in [-0.15, -0.1) is 0 Å². The van der Waals surface area contributed by atoms with Crippen LogP contribution in [-0.2, 0) is 21.0 Å². The molecule has 1 N–H and O–H groups in total. The first-order valence-corrected chi connectivity index (χ1v) is 12.3. The summed E-state index contributed by atoms with van der Waals surface area (Å²) in [5, 5.41) is 9.02. The van der Waals surface area contributed by atoms with Gasteiger partial charge in [-0.25, -0.2) is 8.42 Å². The van der Waals surface area contributed by atoms with Crippen LogP contribution in [0.3, 0.4) is 0 Å². The lowest BCUT2D eigenvalue weighted by molar-refractivity contribution is -0.138. The number of aliphatic carboxylic acids is 1. The van der Waals surface area contributed by atoms with Crippen LogP contribution < -0.4 is 0 Å². The van der Waals surface area contributed by atoms with Gasteiger partial charge in [0, 0.05) is 18.6 Å². The molecule has 0 aliphatic carbocycles. The Balaban J connectivity index is 1.70. The molecule has 0 radical (unpaired) electrons. The third-order valence-corrected chi connectivity index (χ3v) is 8.82. The molecular formula is C22H27F3N2O4S. The lowest BCUT2D eigenvalue weighted by Gasteiger charge is -2.56. The topological polar surface area (TPSA) is 77.9 Å². The molecule has 3 saturated heterocycles. The molecule has 10 heteroatoms. The molecule has 0 saturated carbocycles. The van der Waals surface area contributed by atoms with Gasteiger partial charge in [-0.2, -0.15) is 17.5 Å². The molecule has 3 heterocycles. The van der Waals surface area contributed by atoms with Crippen molar-refractivity contribution < 1.29 is 31.5 Å². The second-order valence-electron chi connectivity index (χ2n) is 8.85. The minimum absolute atomic E-state index is 0.0251. The van der Waals surface area contributed by atoms with Gasteiger partial charge in [0.15, 0.2) is 0 Å². The third-order valence-electron chi connectivity index (χ3n) is 6.95. The van der Waals surface area contributed by atoms with Crippen LogP contribution >= 0.6 is 0 Å². The van der Waals surface area contributed by atoms with E-state index >= 15 is 0 Å². The monoisotopic (exact) mass is 472 g/mol. The minimum Gasteiger partial charge on any atom is -0.481 e. The molecule has 1 aromatic rings. The molecular weight excluding hydrogens is 445 g/mol. The van der Waals surface area contributed by atoms with E-state index in [0.29, 0.717) is 0 Å². The molecule has 6 nitrogen and oxygen atoms in total. The van der Waals surface area contributed by atoms with E-state index < -0.39 is 33.8 Å². The number of halogens is 3. The third kappa shape index (κ3) is 4.45. The average molecular weight is 473 g/mol. The van der Waals surface area contributed by atoms with E-state index in [4.69, 9.17) is 5.11 Å². The molecule has 3 fully saturated rings. The Morgan fingerprint density at radius 3 is 2.41 bits per heavy atom. The summed E-state index contributed by atoms with van der Waals surface area (Å²) in [6.45, 7) is 2.24. The molecule has 0 spiro atoms. The lowest BCUT2D eigenvalue weighted by Crippen LogP contribution is -2.65. The number of carboxylic acids is 1. The molecule has 3 aliphatic heterocycles. The number of carbonyl (C=O) groups is 1. The number of sulfonamides is 1. The number of nitrogens with zero attached hydrogens (tertiary/aromatic N) is 2. The van der Waals surface area contributed by atoms with Crippen molar-refractivity contribution in [2.24, 2.45) is 11.8 Å². The molecule has 3 aliphatic rings. The fourth-order valence-electron chi connectivity index (χ4n) is 5.65. The van der Waals surface area contributed by atoms with Gasteiger partial charge < -0.3 is 5.11 Å². The van der Waals surface area contributed by atoms with E-state index in [1.165, 1.54) is 10.4 Å². The summed E-state index contributed by atoms with van der Waals surface area (Å²) in [4.78, 5) is 13.3. The Kier molecular flexibility index (Phi) is 6.39. The summed E-state index contributed by atoms with van der Waals surface area (Å²) in [5.41, 5.74) is -0.900. The van der Waals surface area contributed by atoms with Gasteiger partial charge in [0.25, 0.3) is 0 Å². The van der Waals surface area contributed by atoms with Gasteiger partial charge in [-0.05, 0) is 74.9 Å². The van der Waals surface area contributed by atoms with Crippen molar-refractivity contribution in [3.8, 4) is 0 Å². The number of hydrogen-bond donors (Lipinski definition) is 1. The highest BCUT2D eigenvalue weighted by Gasteiger charge is 2.51. The zero-order valence-electron chi connectivity index (χ0n) is 17.5.